The third-order valence-corrected chi connectivity index (χ3v) is 3.94. The second kappa shape index (κ2) is 4.44. The van der Waals surface area contributed by atoms with Crippen molar-refractivity contribution in [3.8, 4) is 0 Å². The Morgan fingerprint density at radius 1 is 1.20 bits per heavy atom. The summed E-state index contributed by atoms with van der Waals surface area (Å²) in [5, 5.41) is 0.586. The topological polar surface area (TPSA) is 63.7 Å². The van der Waals surface area contributed by atoms with Gasteiger partial charge in [0.1, 0.15) is 0 Å². The van der Waals surface area contributed by atoms with Crippen molar-refractivity contribution in [2.75, 3.05) is 0 Å². The predicted octanol–water partition coefficient (Wildman–Crippen LogP) is 2.03. The van der Waals surface area contributed by atoms with Crippen molar-refractivity contribution in [3.05, 3.63) is 35.4 Å². The first-order valence-corrected chi connectivity index (χ1v) is 6.70. The van der Waals surface area contributed by atoms with Crippen LogP contribution in [0.5, 0.6) is 0 Å². The Kier molecular flexibility index (Phi) is 2.85. The van der Waals surface area contributed by atoms with Crippen LogP contribution in [0.25, 0.3) is 0 Å². The van der Waals surface area contributed by atoms with Gasteiger partial charge in [-0.15, -0.1) is 0 Å². The highest BCUT2D eigenvalue weighted by Crippen LogP contribution is 2.45. The molecule has 1 aliphatic heterocycles. The Bertz CT molecular complexity index is 573. The summed E-state index contributed by atoms with van der Waals surface area (Å²) in [6.07, 6.45) is 0.764. The van der Waals surface area contributed by atoms with E-state index >= 15 is 0 Å². The minimum atomic E-state index is -0.569. The monoisotopic (exact) mass is 273 g/mol. The average Bonchev–Trinajstić information content (AvgIpc) is 3.20. The van der Waals surface area contributed by atoms with E-state index < -0.39 is 17.8 Å². The highest BCUT2D eigenvalue weighted by atomic mass is 16.7. The minimum absolute atomic E-state index is 0.195. The Hall–Kier alpha value is -2.17. The van der Waals surface area contributed by atoms with Gasteiger partial charge in [0.15, 0.2) is 0 Å². The fourth-order valence-corrected chi connectivity index (χ4v) is 2.63. The van der Waals surface area contributed by atoms with E-state index in [1.165, 1.54) is 0 Å². The molecule has 0 saturated heterocycles. The summed E-state index contributed by atoms with van der Waals surface area (Å²) in [6.45, 7) is 4.08. The lowest BCUT2D eigenvalue weighted by Crippen LogP contribution is -2.33. The van der Waals surface area contributed by atoms with Gasteiger partial charge in [-0.1, -0.05) is 31.0 Å². The summed E-state index contributed by atoms with van der Waals surface area (Å²) >= 11 is 0. The number of hydrogen-bond donors (Lipinski definition) is 0. The van der Waals surface area contributed by atoms with Crippen molar-refractivity contribution >= 4 is 17.8 Å². The molecule has 0 N–H and O–H groups in total. The molecule has 2 atom stereocenters. The van der Waals surface area contributed by atoms with E-state index in [9.17, 15) is 14.4 Å². The Morgan fingerprint density at radius 3 is 2.20 bits per heavy atom. The maximum absolute atomic E-state index is 12.0. The van der Waals surface area contributed by atoms with Gasteiger partial charge in [0.05, 0.1) is 17.0 Å². The van der Waals surface area contributed by atoms with Crippen molar-refractivity contribution in [1.82, 2.24) is 5.06 Å². The van der Waals surface area contributed by atoms with Gasteiger partial charge in [-0.25, -0.2) is 4.79 Å². The molecule has 0 radical (unpaired) electrons. The number of imide groups is 1. The van der Waals surface area contributed by atoms with Crippen LogP contribution in [0.1, 0.15) is 41.0 Å². The van der Waals surface area contributed by atoms with Crippen molar-refractivity contribution < 1.29 is 19.2 Å². The van der Waals surface area contributed by atoms with Crippen LogP contribution < -0.4 is 0 Å². The number of amides is 2. The van der Waals surface area contributed by atoms with Gasteiger partial charge in [0, 0.05) is 0 Å². The third-order valence-electron chi connectivity index (χ3n) is 3.94. The van der Waals surface area contributed by atoms with Crippen LogP contribution in [-0.2, 0) is 9.63 Å². The molecule has 0 aromatic heterocycles. The smallest absolute Gasteiger partial charge is 0.329 e. The van der Waals surface area contributed by atoms with E-state index in [1.807, 2.05) is 13.8 Å². The molecule has 0 bridgehead atoms. The number of nitrogens with zero attached hydrogens (tertiary/aromatic N) is 1. The molecule has 1 fully saturated rings. The normalized spacial score (nSPS) is 24.1. The number of fused-ring (bicyclic) bond motifs is 1. The maximum atomic E-state index is 12.0. The molecule has 3 rings (SSSR count). The van der Waals surface area contributed by atoms with Gasteiger partial charge in [-0.3, -0.25) is 9.59 Å². The summed E-state index contributed by atoms with van der Waals surface area (Å²) in [5.74, 6) is -1.13. The highest BCUT2D eigenvalue weighted by Gasteiger charge is 2.48. The highest BCUT2D eigenvalue weighted by molar-refractivity contribution is 6.20. The summed E-state index contributed by atoms with van der Waals surface area (Å²) in [6, 6.07) is 6.45. The van der Waals surface area contributed by atoms with Gasteiger partial charge in [0.25, 0.3) is 11.8 Å². The van der Waals surface area contributed by atoms with Crippen LogP contribution in [0.3, 0.4) is 0 Å². The van der Waals surface area contributed by atoms with Crippen LogP contribution >= 0.6 is 0 Å². The van der Waals surface area contributed by atoms with E-state index in [1.54, 1.807) is 24.3 Å². The second-order valence-electron chi connectivity index (χ2n) is 5.61. The zero-order chi connectivity index (χ0) is 14.4. The van der Waals surface area contributed by atoms with Gasteiger partial charge >= 0.3 is 5.97 Å². The molecule has 104 valence electrons. The molecule has 1 saturated carbocycles. The lowest BCUT2D eigenvalue weighted by molar-refractivity contribution is -0.170. The lowest BCUT2D eigenvalue weighted by atomic mass is 10.1. The summed E-state index contributed by atoms with van der Waals surface area (Å²) in [7, 11) is 0. The molecule has 2 amide bonds. The summed E-state index contributed by atoms with van der Waals surface area (Å²) < 4.78 is 0. The first-order chi connectivity index (χ1) is 9.50. The molecule has 1 aromatic carbocycles. The van der Waals surface area contributed by atoms with E-state index in [-0.39, 0.29) is 23.0 Å². The van der Waals surface area contributed by atoms with Crippen LogP contribution in [0.4, 0.5) is 0 Å². The van der Waals surface area contributed by atoms with E-state index in [4.69, 9.17) is 4.84 Å². The van der Waals surface area contributed by atoms with Crippen LogP contribution in [0.15, 0.2) is 24.3 Å². The number of carbonyl (C=O) groups excluding carboxylic acids is 3. The largest absolute Gasteiger partial charge is 0.336 e. The van der Waals surface area contributed by atoms with Gasteiger partial charge in [0.2, 0.25) is 0 Å². The predicted molar refractivity (Wildman–Crippen MR) is 69.5 cm³/mol. The van der Waals surface area contributed by atoms with Crippen molar-refractivity contribution in [2.24, 2.45) is 17.8 Å². The van der Waals surface area contributed by atoms with Gasteiger partial charge < -0.3 is 4.84 Å². The minimum Gasteiger partial charge on any atom is -0.329 e. The average molecular weight is 273 g/mol. The van der Waals surface area contributed by atoms with Crippen LogP contribution in [0, 0.1) is 17.8 Å². The van der Waals surface area contributed by atoms with Crippen LogP contribution in [0.2, 0.25) is 0 Å². The van der Waals surface area contributed by atoms with Crippen LogP contribution in [-0.4, -0.2) is 22.8 Å². The standard InChI is InChI=1S/C15H15NO4/c1-8(2)11-7-12(11)15(19)20-16-13(17)9-5-3-4-6-10(9)14(16)18/h3-6,8,11-12H,7H2,1-2H3/t11-,12-/m0/s1. The molecule has 5 heteroatoms. The SMILES string of the molecule is CC(C)[C@@H]1C[C@@H]1C(=O)ON1C(=O)c2ccccc2C1=O. The second-order valence-corrected chi connectivity index (χ2v) is 5.61. The Balaban J connectivity index is 1.73. The zero-order valence-corrected chi connectivity index (χ0v) is 11.3. The molecular formula is C15H15NO4. The lowest BCUT2D eigenvalue weighted by Gasteiger charge is -2.12. The van der Waals surface area contributed by atoms with E-state index in [2.05, 4.69) is 0 Å². The Morgan fingerprint density at radius 2 is 1.75 bits per heavy atom. The first-order valence-electron chi connectivity index (χ1n) is 6.70. The maximum Gasteiger partial charge on any atom is 0.336 e. The molecule has 0 spiro atoms. The summed E-state index contributed by atoms with van der Waals surface area (Å²) in [5.41, 5.74) is 0.558. The first kappa shape index (κ1) is 12.8. The fraction of sp³-hybridized carbons (Fsp3) is 0.400. The summed E-state index contributed by atoms with van der Waals surface area (Å²) in [4.78, 5) is 41.0. The number of carbonyl (C=O) groups is 3. The Labute approximate surface area is 116 Å². The number of hydroxylamine groups is 2. The van der Waals surface area contributed by atoms with Gasteiger partial charge in [-0.05, 0) is 30.4 Å². The molecule has 1 heterocycles. The zero-order valence-electron chi connectivity index (χ0n) is 11.3. The van der Waals surface area contributed by atoms with Crippen molar-refractivity contribution in [1.29, 1.82) is 0 Å². The number of hydrogen-bond acceptors (Lipinski definition) is 4. The molecule has 0 unspecified atom stereocenters. The van der Waals surface area contributed by atoms with Crippen molar-refractivity contribution in [2.45, 2.75) is 20.3 Å². The molecular weight excluding hydrogens is 258 g/mol. The number of benzene rings is 1. The molecule has 2 aliphatic rings. The van der Waals surface area contributed by atoms with Gasteiger partial charge in [-0.2, -0.15) is 0 Å². The quantitative estimate of drug-likeness (QED) is 0.790. The third kappa shape index (κ3) is 1.90. The molecule has 5 nitrogen and oxygen atoms in total. The number of rotatable bonds is 3. The van der Waals surface area contributed by atoms with E-state index in [0.717, 1.165) is 6.42 Å². The fourth-order valence-electron chi connectivity index (χ4n) is 2.63. The molecule has 1 aliphatic carbocycles. The molecule has 1 aromatic rings. The van der Waals surface area contributed by atoms with E-state index in [0.29, 0.717) is 11.0 Å². The van der Waals surface area contributed by atoms with Crippen molar-refractivity contribution in [3.63, 3.8) is 0 Å². The molecule has 20 heavy (non-hydrogen) atoms.